The van der Waals surface area contributed by atoms with Crippen molar-refractivity contribution < 1.29 is 4.79 Å². The van der Waals surface area contributed by atoms with E-state index in [1.807, 2.05) is 77.5 Å². The molecule has 0 spiro atoms. The lowest BCUT2D eigenvalue weighted by Crippen LogP contribution is -2.22. The molecule has 0 fully saturated rings. The molecule has 5 aromatic rings. The lowest BCUT2D eigenvalue weighted by molar-refractivity contribution is 0.0951. The number of carbonyl (C=O) groups excluding carboxylic acids is 1. The number of nitrogens with zero attached hydrogens (tertiary/aromatic N) is 4. The first-order chi connectivity index (χ1) is 14.3. The van der Waals surface area contributed by atoms with Crippen LogP contribution in [-0.2, 0) is 13.1 Å². The van der Waals surface area contributed by atoms with Crippen LogP contribution in [0.25, 0.3) is 21.3 Å². The van der Waals surface area contributed by atoms with Crippen LogP contribution in [0.1, 0.15) is 20.9 Å². The van der Waals surface area contributed by atoms with E-state index in [0.717, 1.165) is 31.8 Å². The number of amides is 1. The first kappa shape index (κ1) is 17.5. The molecule has 7 heteroatoms. The molecular formula is C22H17N5OS. The van der Waals surface area contributed by atoms with Crippen LogP contribution in [0.2, 0.25) is 0 Å². The van der Waals surface area contributed by atoms with E-state index < -0.39 is 0 Å². The highest BCUT2D eigenvalue weighted by molar-refractivity contribution is 7.18. The summed E-state index contributed by atoms with van der Waals surface area (Å²) in [6.07, 6.45) is 0. The van der Waals surface area contributed by atoms with Crippen molar-refractivity contribution in [2.45, 2.75) is 13.1 Å². The molecule has 5 rings (SSSR count). The standard InChI is InChI=1S/C22H17N5OS/c28-22(23-13-21-24-18-6-2-4-8-20(18)29-21)16-11-9-15(10-12-16)14-27-19-7-3-1-5-17(19)25-26-27/h1-12H,13-14H2,(H,23,28). The summed E-state index contributed by atoms with van der Waals surface area (Å²) in [7, 11) is 0. The van der Waals surface area contributed by atoms with E-state index >= 15 is 0 Å². The summed E-state index contributed by atoms with van der Waals surface area (Å²) >= 11 is 1.60. The highest BCUT2D eigenvalue weighted by atomic mass is 32.1. The summed E-state index contributed by atoms with van der Waals surface area (Å²) in [5, 5.41) is 12.2. The molecule has 0 radical (unpaired) electrons. The number of para-hydroxylation sites is 2. The van der Waals surface area contributed by atoms with Crippen molar-refractivity contribution in [3.63, 3.8) is 0 Å². The van der Waals surface area contributed by atoms with E-state index in [1.165, 1.54) is 0 Å². The average Bonchev–Trinajstić information content (AvgIpc) is 3.36. The van der Waals surface area contributed by atoms with E-state index in [2.05, 4.69) is 20.6 Å². The fourth-order valence-corrected chi connectivity index (χ4v) is 4.13. The Kier molecular flexibility index (Phi) is 4.50. The number of nitrogens with one attached hydrogen (secondary N) is 1. The van der Waals surface area contributed by atoms with Gasteiger partial charge in [0.15, 0.2) is 0 Å². The lowest BCUT2D eigenvalue weighted by atomic mass is 10.1. The Morgan fingerprint density at radius 2 is 1.69 bits per heavy atom. The molecule has 0 atom stereocenters. The monoisotopic (exact) mass is 399 g/mol. The summed E-state index contributed by atoms with van der Waals surface area (Å²) in [5.74, 6) is -0.109. The molecule has 3 aromatic carbocycles. The summed E-state index contributed by atoms with van der Waals surface area (Å²) in [5.41, 5.74) is 4.51. The summed E-state index contributed by atoms with van der Waals surface area (Å²) < 4.78 is 2.99. The second-order valence-electron chi connectivity index (χ2n) is 6.69. The molecular weight excluding hydrogens is 382 g/mol. The first-order valence-electron chi connectivity index (χ1n) is 9.26. The molecule has 0 bridgehead atoms. The van der Waals surface area contributed by atoms with Gasteiger partial charge in [-0.3, -0.25) is 4.79 Å². The van der Waals surface area contributed by atoms with Gasteiger partial charge in [-0.05, 0) is 42.0 Å². The third-order valence-corrected chi connectivity index (χ3v) is 5.74. The Balaban J connectivity index is 1.25. The fraction of sp³-hybridized carbons (Fsp3) is 0.0909. The van der Waals surface area contributed by atoms with E-state index in [-0.39, 0.29) is 5.91 Å². The predicted molar refractivity (Wildman–Crippen MR) is 114 cm³/mol. The molecule has 0 saturated heterocycles. The van der Waals surface area contributed by atoms with Crippen molar-refractivity contribution in [2.24, 2.45) is 0 Å². The normalized spacial score (nSPS) is 11.2. The summed E-state index contributed by atoms with van der Waals surface area (Å²) in [4.78, 5) is 17.0. The molecule has 1 N–H and O–H groups in total. The van der Waals surface area contributed by atoms with Gasteiger partial charge in [-0.1, -0.05) is 41.6 Å². The third kappa shape index (κ3) is 3.60. The Bertz CT molecular complexity index is 1270. The Morgan fingerprint density at radius 3 is 2.52 bits per heavy atom. The number of fused-ring (bicyclic) bond motifs is 2. The number of rotatable bonds is 5. The zero-order valence-corrected chi connectivity index (χ0v) is 16.3. The van der Waals surface area contributed by atoms with Crippen LogP contribution in [0.15, 0.2) is 72.8 Å². The minimum atomic E-state index is -0.109. The van der Waals surface area contributed by atoms with Gasteiger partial charge in [0, 0.05) is 5.56 Å². The quantitative estimate of drug-likeness (QED) is 0.484. The average molecular weight is 399 g/mol. The molecule has 6 nitrogen and oxygen atoms in total. The molecule has 0 aliphatic rings. The molecule has 2 aromatic heterocycles. The van der Waals surface area contributed by atoms with Crippen LogP contribution in [0, 0.1) is 0 Å². The van der Waals surface area contributed by atoms with E-state index in [1.54, 1.807) is 11.3 Å². The van der Waals surface area contributed by atoms with Gasteiger partial charge in [0.2, 0.25) is 0 Å². The van der Waals surface area contributed by atoms with Gasteiger partial charge in [-0.25, -0.2) is 9.67 Å². The second kappa shape index (κ2) is 7.44. The maximum absolute atomic E-state index is 12.5. The van der Waals surface area contributed by atoms with Crippen LogP contribution in [0.3, 0.4) is 0 Å². The smallest absolute Gasteiger partial charge is 0.251 e. The number of thiazole rings is 1. The summed E-state index contributed by atoms with van der Waals surface area (Å²) in [6, 6.07) is 23.4. The van der Waals surface area contributed by atoms with Gasteiger partial charge < -0.3 is 5.32 Å². The van der Waals surface area contributed by atoms with Crippen molar-refractivity contribution in [1.82, 2.24) is 25.3 Å². The highest BCUT2D eigenvalue weighted by Crippen LogP contribution is 2.21. The fourth-order valence-electron chi connectivity index (χ4n) is 3.22. The molecule has 0 saturated carbocycles. The van der Waals surface area contributed by atoms with Gasteiger partial charge in [0.1, 0.15) is 10.5 Å². The Morgan fingerprint density at radius 1 is 0.931 bits per heavy atom. The van der Waals surface area contributed by atoms with E-state index in [4.69, 9.17) is 0 Å². The minimum Gasteiger partial charge on any atom is -0.346 e. The molecule has 0 aliphatic carbocycles. The van der Waals surface area contributed by atoms with Crippen molar-refractivity contribution in [2.75, 3.05) is 0 Å². The number of carbonyl (C=O) groups is 1. The first-order valence-corrected chi connectivity index (χ1v) is 10.1. The molecule has 2 heterocycles. The molecule has 0 aliphatic heterocycles. The van der Waals surface area contributed by atoms with Crippen molar-refractivity contribution in [3.05, 3.63) is 88.9 Å². The van der Waals surface area contributed by atoms with Crippen LogP contribution in [0.5, 0.6) is 0 Å². The van der Waals surface area contributed by atoms with Gasteiger partial charge in [-0.2, -0.15) is 0 Å². The number of benzene rings is 3. The van der Waals surface area contributed by atoms with E-state index in [0.29, 0.717) is 18.7 Å². The Labute approximate surface area is 170 Å². The number of hydrogen-bond acceptors (Lipinski definition) is 5. The zero-order chi connectivity index (χ0) is 19.6. The van der Waals surface area contributed by atoms with Crippen LogP contribution >= 0.6 is 11.3 Å². The van der Waals surface area contributed by atoms with Gasteiger partial charge in [0.05, 0.1) is 28.8 Å². The van der Waals surface area contributed by atoms with Crippen molar-refractivity contribution in [1.29, 1.82) is 0 Å². The van der Waals surface area contributed by atoms with Gasteiger partial charge in [0.25, 0.3) is 5.91 Å². The maximum atomic E-state index is 12.5. The number of aromatic nitrogens is 4. The molecule has 142 valence electrons. The zero-order valence-electron chi connectivity index (χ0n) is 15.4. The summed E-state index contributed by atoms with van der Waals surface area (Å²) in [6.45, 7) is 1.03. The Hall–Kier alpha value is -3.58. The maximum Gasteiger partial charge on any atom is 0.251 e. The van der Waals surface area contributed by atoms with Crippen LogP contribution < -0.4 is 5.32 Å². The van der Waals surface area contributed by atoms with Crippen molar-refractivity contribution in [3.8, 4) is 0 Å². The predicted octanol–water partition coefficient (Wildman–Crippen LogP) is 4.02. The topological polar surface area (TPSA) is 72.7 Å². The SMILES string of the molecule is O=C(NCc1nc2ccccc2s1)c1ccc(Cn2nnc3ccccc32)cc1. The molecule has 0 unspecified atom stereocenters. The largest absolute Gasteiger partial charge is 0.346 e. The van der Waals surface area contributed by atoms with Gasteiger partial charge >= 0.3 is 0 Å². The van der Waals surface area contributed by atoms with E-state index in [9.17, 15) is 4.79 Å². The highest BCUT2D eigenvalue weighted by Gasteiger charge is 2.09. The molecule has 29 heavy (non-hydrogen) atoms. The second-order valence-corrected chi connectivity index (χ2v) is 7.81. The van der Waals surface area contributed by atoms with Gasteiger partial charge in [-0.15, -0.1) is 16.4 Å². The lowest BCUT2D eigenvalue weighted by Gasteiger charge is -2.06. The third-order valence-electron chi connectivity index (χ3n) is 4.71. The number of hydrogen-bond donors (Lipinski definition) is 1. The van der Waals surface area contributed by atoms with Crippen LogP contribution in [-0.4, -0.2) is 25.9 Å². The van der Waals surface area contributed by atoms with Crippen molar-refractivity contribution >= 4 is 38.5 Å². The minimum absolute atomic E-state index is 0.109. The molecule has 1 amide bonds. The van der Waals surface area contributed by atoms with Crippen LogP contribution in [0.4, 0.5) is 0 Å².